The van der Waals surface area contributed by atoms with Crippen molar-refractivity contribution in [3.05, 3.63) is 58.1 Å². The molecule has 4 aliphatic rings. The molecule has 0 aliphatic heterocycles. The van der Waals surface area contributed by atoms with Crippen LogP contribution in [0.5, 0.6) is 0 Å². The van der Waals surface area contributed by atoms with Crippen LogP contribution in [0, 0.1) is 27.9 Å². The number of fused-ring (bicyclic) bond motifs is 1. The fourth-order valence-electron chi connectivity index (χ4n) is 6.60. The van der Waals surface area contributed by atoms with Gasteiger partial charge in [0.25, 0.3) is 11.6 Å². The summed E-state index contributed by atoms with van der Waals surface area (Å²) in [6.45, 7) is 0. The highest BCUT2D eigenvalue weighted by Gasteiger charge is 2.51. The van der Waals surface area contributed by atoms with Gasteiger partial charge in [-0.15, -0.1) is 0 Å². The van der Waals surface area contributed by atoms with E-state index in [-0.39, 0.29) is 17.1 Å². The molecule has 4 fully saturated rings. The molecule has 1 aromatic heterocycles. The normalized spacial score (nSPS) is 28.7. The van der Waals surface area contributed by atoms with Crippen molar-refractivity contribution in [3.8, 4) is 11.4 Å². The summed E-state index contributed by atoms with van der Waals surface area (Å²) in [6, 6.07) is 12.0. The van der Waals surface area contributed by atoms with Crippen LogP contribution in [0.15, 0.2) is 42.5 Å². The SMILES string of the molecule is O=C(NC12CC3CC(CC(C3)C1)C2)c1ccc(-c2nc3ccc([N+](=O)[O-])cc3[nH]2)cc1. The third-order valence-corrected chi connectivity index (χ3v) is 7.51. The second kappa shape index (κ2) is 6.64. The number of hydrogen-bond donors (Lipinski definition) is 2. The minimum Gasteiger partial charge on any atom is -0.347 e. The van der Waals surface area contributed by atoms with E-state index in [9.17, 15) is 14.9 Å². The van der Waals surface area contributed by atoms with Crippen LogP contribution in [0.1, 0.15) is 48.9 Å². The van der Waals surface area contributed by atoms with E-state index in [0.717, 1.165) is 42.6 Å². The van der Waals surface area contributed by atoms with Crippen LogP contribution in [0.25, 0.3) is 22.4 Å². The van der Waals surface area contributed by atoms with E-state index in [1.807, 2.05) is 24.3 Å². The largest absolute Gasteiger partial charge is 0.347 e. The second-order valence-corrected chi connectivity index (χ2v) is 9.77. The van der Waals surface area contributed by atoms with Gasteiger partial charge in [0.05, 0.1) is 16.0 Å². The van der Waals surface area contributed by atoms with Gasteiger partial charge in [0.15, 0.2) is 0 Å². The Morgan fingerprint density at radius 1 is 1.03 bits per heavy atom. The van der Waals surface area contributed by atoms with Gasteiger partial charge in [0.2, 0.25) is 0 Å². The Morgan fingerprint density at radius 2 is 1.68 bits per heavy atom. The van der Waals surface area contributed by atoms with Crippen LogP contribution in [0.3, 0.4) is 0 Å². The molecular formula is C24H24N4O3. The topological polar surface area (TPSA) is 101 Å². The van der Waals surface area contributed by atoms with E-state index in [2.05, 4.69) is 15.3 Å². The lowest BCUT2D eigenvalue weighted by Crippen LogP contribution is -2.59. The van der Waals surface area contributed by atoms with Crippen molar-refractivity contribution < 1.29 is 9.72 Å². The van der Waals surface area contributed by atoms with Gasteiger partial charge in [-0.2, -0.15) is 0 Å². The monoisotopic (exact) mass is 416 g/mol. The summed E-state index contributed by atoms with van der Waals surface area (Å²) in [5.74, 6) is 3.01. The van der Waals surface area contributed by atoms with Crippen LogP contribution >= 0.6 is 0 Å². The molecule has 1 heterocycles. The number of rotatable bonds is 4. The number of nitro benzene ring substituents is 1. The molecule has 0 radical (unpaired) electrons. The van der Waals surface area contributed by atoms with Crippen molar-refractivity contribution in [2.75, 3.05) is 0 Å². The summed E-state index contributed by atoms with van der Waals surface area (Å²) in [7, 11) is 0. The molecule has 0 atom stereocenters. The van der Waals surface area contributed by atoms with Crippen LogP contribution in [-0.4, -0.2) is 26.3 Å². The van der Waals surface area contributed by atoms with Crippen LogP contribution < -0.4 is 5.32 Å². The average Bonchev–Trinajstić information content (AvgIpc) is 3.16. The lowest BCUT2D eigenvalue weighted by atomic mass is 9.53. The molecule has 158 valence electrons. The Kier molecular flexibility index (Phi) is 3.97. The zero-order chi connectivity index (χ0) is 21.2. The first-order chi connectivity index (χ1) is 15.0. The first kappa shape index (κ1) is 18.5. The van der Waals surface area contributed by atoms with Gasteiger partial charge in [0, 0.05) is 28.8 Å². The lowest BCUT2D eigenvalue weighted by Gasteiger charge is -2.56. The summed E-state index contributed by atoms with van der Waals surface area (Å²) in [5.41, 5.74) is 2.81. The molecule has 7 heteroatoms. The Morgan fingerprint density at radius 3 is 2.29 bits per heavy atom. The third kappa shape index (κ3) is 3.19. The number of H-pyrrole nitrogens is 1. The highest BCUT2D eigenvalue weighted by molar-refractivity contribution is 5.95. The van der Waals surface area contributed by atoms with E-state index in [4.69, 9.17) is 0 Å². The maximum absolute atomic E-state index is 13.0. The highest BCUT2D eigenvalue weighted by Crippen LogP contribution is 2.55. The fourth-order valence-corrected chi connectivity index (χ4v) is 6.60. The number of aromatic amines is 1. The fraction of sp³-hybridized carbons (Fsp3) is 0.417. The summed E-state index contributed by atoms with van der Waals surface area (Å²) in [4.78, 5) is 31.3. The quantitative estimate of drug-likeness (QED) is 0.469. The Hall–Kier alpha value is -3.22. The van der Waals surface area contributed by atoms with Crippen molar-refractivity contribution in [1.82, 2.24) is 15.3 Å². The van der Waals surface area contributed by atoms with Gasteiger partial charge in [-0.3, -0.25) is 14.9 Å². The first-order valence-electron chi connectivity index (χ1n) is 11.0. The van der Waals surface area contributed by atoms with Crippen LogP contribution in [0.2, 0.25) is 0 Å². The summed E-state index contributed by atoms with van der Waals surface area (Å²) >= 11 is 0. The summed E-state index contributed by atoms with van der Waals surface area (Å²) in [5, 5.41) is 14.4. The number of nitrogens with zero attached hydrogens (tertiary/aromatic N) is 2. The van der Waals surface area contributed by atoms with E-state index in [0.29, 0.717) is 22.4 Å². The smallest absolute Gasteiger partial charge is 0.271 e. The molecular weight excluding hydrogens is 392 g/mol. The van der Waals surface area contributed by atoms with E-state index >= 15 is 0 Å². The van der Waals surface area contributed by atoms with E-state index in [1.54, 1.807) is 6.07 Å². The number of non-ortho nitro benzene ring substituents is 1. The molecule has 3 aromatic rings. The highest BCUT2D eigenvalue weighted by atomic mass is 16.6. The van der Waals surface area contributed by atoms with Gasteiger partial charge >= 0.3 is 0 Å². The van der Waals surface area contributed by atoms with Gasteiger partial charge in [-0.25, -0.2) is 4.98 Å². The zero-order valence-electron chi connectivity index (χ0n) is 17.1. The minimum atomic E-state index is -0.419. The first-order valence-corrected chi connectivity index (χ1v) is 11.0. The van der Waals surface area contributed by atoms with Crippen LogP contribution in [0.4, 0.5) is 5.69 Å². The van der Waals surface area contributed by atoms with Crippen molar-refractivity contribution in [2.24, 2.45) is 17.8 Å². The molecule has 0 saturated heterocycles. The predicted molar refractivity (Wildman–Crippen MR) is 117 cm³/mol. The molecule has 1 amide bonds. The zero-order valence-corrected chi connectivity index (χ0v) is 17.1. The molecule has 2 aromatic carbocycles. The number of nitrogens with one attached hydrogen (secondary N) is 2. The molecule has 4 aliphatic carbocycles. The van der Waals surface area contributed by atoms with Crippen molar-refractivity contribution in [3.63, 3.8) is 0 Å². The van der Waals surface area contributed by atoms with Crippen LogP contribution in [-0.2, 0) is 0 Å². The van der Waals surface area contributed by atoms with E-state index < -0.39 is 4.92 Å². The maximum atomic E-state index is 13.0. The van der Waals surface area contributed by atoms with Crippen molar-refractivity contribution >= 4 is 22.6 Å². The molecule has 0 spiro atoms. The number of hydrogen-bond acceptors (Lipinski definition) is 4. The number of carbonyl (C=O) groups is 1. The Bertz CT molecular complexity index is 1160. The minimum absolute atomic E-state index is 0.00203. The molecule has 0 unspecified atom stereocenters. The third-order valence-electron chi connectivity index (χ3n) is 7.51. The number of aromatic nitrogens is 2. The number of carbonyl (C=O) groups excluding carboxylic acids is 1. The molecule has 31 heavy (non-hydrogen) atoms. The molecule has 7 nitrogen and oxygen atoms in total. The maximum Gasteiger partial charge on any atom is 0.271 e. The second-order valence-electron chi connectivity index (χ2n) is 9.77. The predicted octanol–water partition coefficient (Wildman–Crippen LogP) is 4.84. The van der Waals surface area contributed by atoms with Crippen molar-refractivity contribution in [2.45, 2.75) is 44.1 Å². The number of imidazole rings is 1. The number of amides is 1. The van der Waals surface area contributed by atoms with Gasteiger partial charge in [-0.05, 0) is 74.5 Å². The van der Waals surface area contributed by atoms with E-state index in [1.165, 1.54) is 31.4 Å². The molecule has 4 saturated carbocycles. The Balaban J connectivity index is 1.21. The number of benzene rings is 2. The average molecular weight is 416 g/mol. The Labute approximate surface area is 179 Å². The lowest BCUT2D eigenvalue weighted by molar-refractivity contribution is -0.384. The molecule has 2 N–H and O–H groups in total. The summed E-state index contributed by atoms with van der Waals surface area (Å²) in [6.07, 6.45) is 7.45. The molecule has 4 bridgehead atoms. The van der Waals surface area contributed by atoms with Gasteiger partial charge in [0.1, 0.15) is 5.82 Å². The summed E-state index contributed by atoms with van der Waals surface area (Å²) < 4.78 is 0. The van der Waals surface area contributed by atoms with Gasteiger partial charge in [-0.1, -0.05) is 12.1 Å². The van der Waals surface area contributed by atoms with Gasteiger partial charge < -0.3 is 10.3 Å². The standard InChI is InChI=1S/C24H24N4O3/c29-23(27-24-11-14-7-15(12-24)9-16(8-14)13-24)18-3-1-17(2-4-18)22-25-20-6-5-19(28(30)31)10-21(20)26-22/h1-6,10,14-16H,7-9,11-13H2,(H,25,26)(H,27,29). The number of nitro groups is 1. The van der Waals surface area contributed by atoms with Crippen molar-refractivity contribution in [1.29, 1.82) is 0 Å². The molecule has 7 rings (SSSR count).